The van der Waals surface area contributed by atoms with E-state index in [4.69, 9.17) is 4.98 Å². The third kappa shape index (κ3) is 14.1. The maximum atomic E-state index is 4.75. The van der Waals surface area contributed by atoms with Crippen molar-refractivity contribution in [2.24, 2.45) is 0 Å². The van der Waals surface area contributed by atoms with Crippen LogP contribution < -0.4 is 0 Å². The molecule has 2 unspecified atom stereocenters. The first-order valence-electron chi connectivity index (χ1n) is 14.2. The van der Waals surface area contributed by atoms with Crippen molar-refractivity contribution in [2.45, 2.75) is 168 Å². The average Bonchev–Trinajstić information content (AvgIpc) is 3.27. The zero-order valence-electron chi connectivity index (χ0n) is 21.8. The molecule has 0 amide bonds. The molecule has 2 heteroatoms. The summed E-state index contributed by atoms with van der Waals surface area (Å²) < 4.78 is 2.47. The molecule has 1 rings (SSSR count). The summed E-state index contributed by atoms with van der Waals surface area (Å²) in [5.74, 6) is 1.91. The molecule has 0 fully saturated rings. The van der Waals surface area contributed by atoms with Gasteiger partial charge >= 0.3 is 0 Å². The van der Waals surface area contributed by atoms with Gasteiger partial charge in [0, 0.05) is 24.4 Å². The van der Waals surface area contributed by atoms with E-state index in [1.54, 1.807) is 0 Å². The minimum atomic E-state index is 0.588. The number of imidazole rings is 1. The topological polar surface area (TPSA) is 17.8 Å². The Morgan fingerprint density at radius 3 is 1.52 bits per heavy atom. The van der Waals surface area contributed by atoms with Gasteiger partial charge in [0.25, 0.3) is 0 Å². The van der Waals surface area contributed by atoms with E-state index in [1.807, 2.05) is 6.20 Å². The molecule has 0 aliphatic rings. The van der Waals surface area contributed by atoms with E-state index in [0.717, 1.165) is 0 Å². The molecule has 0 spiro atoms. The lowest BCUT2D eigenvalue weighted by Gasteiger charge is -2.20. The number of hydrogen-bond donors (Lipinski definition) is 0. The molecule has 0 N–H and O–H groups in total. The second-order valence-electron chi connectivity index (χ2n) is 10.2. The fourth-order valence-electron chi connectivity index (χ4n) is 4.86. The van der Waals surface area contributed by atoms with Crippen molar-refractivity contribution in [1.82, 2.24) is 9.55 Å². The molecule has 0 aliphatic carbocycles. The number of unbranched alkanes of at least 4 members (excludes halogenated alkanes) is 16. The SMILES string of the molecule is CCCCCCCCCCCCCC(C)c1nccn1C(C)CCCCCCCCC. The number of aromatic nitrogens is 2. The average molecular weight is 433 g/mol. The van der Waals surface area contributed by atoms with Gasteiger partial charge in [-0.2, -0.15) is 0 Å². The number of rotatable bonds is 22. The van der Waals surface area contributed by atoms with Crippen molar-refractivity contribution >= 4 is 0 Å². The summed E-state index contributed by atoms with van der Waals surface area (Å²) in [5.41, 5.74) is 0. The zero-order valence-corrected chi connectivity index (χ0v) is 21.8. The Bertz CT molecular complexity index is 493. The highest BCUT2D eigenvalue weighted by Gasteiger charge is 2.15. The van der Waals surface area contributed by atoms with Crippen LogP contribution in [-0.2, 0) is 0 Å². The molecule has 0 aromatic carbocycles. The Morgan fingerprint density at radius 2 is 1.03 bits per heavy atom. The predicted molar refractivity (Wildman–Crippen MR) is 139 cm³/mol. The van der Waals surface area contributed by atoms with Crippen LogP contribution in [0.15, 0.2) is 12.4 Å². The predicted octanol–water partition coefficient (Wildman–Crippen LogP) is 10.4. The van der Waals surface area contributed by atoms with E-state index in [-0.39, 0.29) is 0 Å². The Balaban J connectivity index is 2.11. The van der Waals surface area contributed by atoms with E-state index in [1.165, 1.54) is 134 Å². The molecule has 182 valence electrons. The van der Waals surface area contributed by atoms with Gasteiger partial charge in [-0.25, -0.2) is 4.98 Å². The van der Waals surface area contributed by atoms with Gasteiger partial charge in [-0.3, -0.25) is 0 Å². The molecule has 0 aliphatic heterocycles. The molecule has 31 heavy (non-hydrogen) atoms. The highest BCUT2D eigenvalue weighted by Crippen LogP contribution is 2.26. The van der Waals surface area contributed by atoms with Gasteiger partial charge in [0.05, 0.1) is 0 Å². The maximum Gasteiger partial charge on any atom is 0.111 e. The van der Waals surface area contributed by atoms with Crippen LogP contribution >= 0.6 is 0 Å². The van der Waals surface area contributed by atoms with E-state index >= 15 is 0 Å². The second-order valence-corrected chi connectivity index (χ2v) is 10.2. The minimum Gasteiger partial charge on any atom is -0.332 e. The molecule has 0 saturated heterocycles. The summed E-state index contributed by atoms with van der Waals surface area (Å²) in [6.07, 6.45) is 32.2. The molecular weight excluding hydrogens is 376 g/mol. The summed E-state index contributed by atoms with van der Waals surface area (Å²) in [5, 5.41) is 0. The summed E-state index contributed by atoms with van der Waals surface area (Å²) >= 11 is 0. The fraction of sp³-hybridized carbons (Fsp3) is 0.897. The van der Waals surface area contributed by atoms with Crippen molar-refractivity contribution in [3.8, 4) is 0 Å². The first-order valence-corrected chi connectivity index (χ1v) is 14.2. The van der Waals surface area contributed by atoms with Crippen molar-refractivity contribution in [3.63, 3.8) is 0 Å². The molecule has 0 bridgehead atoms. The van der Waals surface area contributed by atoms with Crippen LogP contribution in [0.3, 0.4) is 0 Å². The van der Waals surface area contributed by atoms with E-state index in [2.05, 4.69) is 38.5 Å². The lowest BCUT2D eigenvalue weighted by molar-refractivity contribution is 0.436. The van der Waals surface area contributed by atoms with Crippen LogP contribution in [0.25, 0.3) is 0 Å². The lowest BCUT2D eigenvalue weighted by atomic mass is 10.00. The van der Waals surface area contributed by atoms with Gasteiger partial charge in [0.15, 0.2) is 0 Å². The first kappa shape index (κ1) is 28.2. The van der Waals surface area contributed by atoms with Crippen LogP contribution in [-0.4, -0.2) is 9.55 Å². The number of nitrogens with zero attached hydrogens (tertiary/aromatic N) is 2. The molecule has 1 aromatic heterocycles. The van der Waals surface area contributed by atoms with Crippen molar-refractivity contribution in [2.75, 3.05) is 0 Å². The van der Waals surface area contributed by atoms with Crippen LogP contribution in [0.1, 0.15) is 174 Å². The van der Waals surface area contributed by atoms with Crippen LogP contribution in [0, 0.1) is 0 Å². The summed E-state index contributed by atoms with van der Waals surface area (Å²) in [7, 11) is 0. The van der Waals surface area contributed by atoms with E-state index in [9.17, 15) is 0 Å². The van der Waals surface area contributed by atoms with Crippen molar-refractivity contribution in [3.05, 3.63) is 18.2 Å². The van der Waals surface area contributed by atoms with E-state index < -0.39 is 0 Å². The van der Waals surface area contributed by atoms with Crippen molar-refractivity contribution < 1.29 is 0 Å². The van der Waals surface area contributed by atoms with Crippen LogP contribution in [0.5, 0.6) is 0 Å². The van der Waals surface area contributed by atoms with Gasteiger partial charge in [-0.15, -0.1) is 0 Å². The van der Waals surface area contributed by atoms with Gasteiger partial charge < -0.3 is 4.57 Å². The Kier molecular flexibility index (Phi) is 18.1. The van der Waals surface area contributed by atoms with Gasteiger partial charge in [0.1, 0.15) is 5.82 Å². The number of hydrogen-bond acceptors (Lipinski definition) is 1. The second kappa shape index (κ2) is 19.9. The highest BCUT2D eigenvalue weighted by molar-refractivity contribution is 5.00. The van der Waals surface area contributed by atoms with Crippen LogP contribution in [0.4, 0.5) is 0 Å². The minimum absolute atomic E-state index is 0.588. The van der Waals surface area contributed by atoms with Gasteiger partial charge in [0.2, 0.25) is 0 Å². The van der Waals surface area contributed by atoms with Crippen LogP contribution in [0.2, 0.25) is 0 Å². The summed E-state index contributed by atoms with van der Waals surface area (Å²) in [6, 6.07) is 0.591. The molecule has 2 atom stereocenters. The molecule has 1 heterocycles. The Hall–Kier alpha value is -0.790. The standard InChI is InChI=1S/C29H56N2/c1-5-7-9-11-13-14-15-16-18-19-21-23-27(3)29-30-25-26-31(29)28(4)24-22-20-17-12-10-8-6-2/h25-28H,5-24H2,1-4H3. The molecule has 2 nitrogen and oxygen atoms in total. The maximum absolute atomic E-state index is 4.75. The third-order valence-electron chi connectivity index (χ3n) is 7.08. The van der Waals surface area contributed by atoms with E-state index in [0.29, 0.717) is 12.0 Å². The zero-order chi connectivity index (χ0) is 22.6. The van der Waals surface area contributed by atoms with Gasteiger partial charge in [-0.1, -0.05) is 136 Å². The van der Waals surface area contributed by atoms with Gasteiger partial charge in [-0.05, 0) is 19.8 Å². The first-order chi connectivity index (χ1) is 15.2. The summed E-state index contributed by atoms with van der Waals surface area (Å²) in [6.45, 7) is 9.36. The Morgan fingerprint density at radius 1 is 0.613 bits per heavy atom. The van der Waals surface area contributed by atoms with Crippen molar-refractivity contribution in [1.29, 1.82) is 0 Å². The highest BCUT2D eigenvalue weighted by atomic mass is 15.1. The monoisotopic (exact) mass is 432 g/mol. The smallest absolute Gasteiger partial charge is 0.111 e. The molecular formula is C29H56N2. The molecule has 0 saturated carbocycles. The molecule has 0 radical (unpaired) electrons. The quantitative estimate of drug-likeness (QED) is 0.167. The third-order valence-corrected chi connectivity index (χ3v) is 7.08. The Labute approximate surface area is 196 Å². The largest absolute Gasteiger partial charge is 0.332 e. The normalized spacial score (nSPS) is 13.5. The summed E-state index contributed by atoms with van der Waals surface area (Å²) in [4.78, 5) is 4.75. The molecule has 1 aromatic rings. The fourth-order valence-corrected chi connectivity index (χ4v) is 4.86. The lowest BCUT2D eigenvalue weighted by Crippen LogP contribution is -2.11.